The Morgan fingerprint density at radius 2 is 2.33 bits per heavy atom. The number of ether oxygens (including phenoxy) is 1. The fraction of sp³-hybridized carbons (Fsp3) is 0.429. The van der Waals surface area contributed by atoms with E-state index in [9.17, 15) is 4.79 Å². The summed E-state index contributed by atoms with van der Waals surface area (Å²) in [5.41, 5.74) is 0.144. The van der Waals surface area contributed by atoms with Crippen LogP contribution in [0.2, 0.25) is 0 Å². The average molecular weight is 213 g/mol. The van der Waals surface area contributed by atoms with Crippen molar-refractivity contribution < 1.29 is 14.4 Å². The minimum Gasteiger partial charge on any atom is -0.464 e. The highest BCUT2D eigenvalue weighted by atomic mass is 16.7. The van der Waals surface area contributed by atoms with Gasteiger partial charge in [0, 0.05) is 0 Å². The standard InChI is InChI=1S/C7H11N5O3/c1-12(15-3)11-10-6-5(7(13)14-2)8-4-9-6/h4H,1-3H3,(H,8,9). The maximum Gasteiger partial charge on any atom is 0.358 e. The van der Waals surface area contributed by atoms with E-state index in [1.54, 1.807) is 7.05 Å². The van der Waals surface area contributed by atoms with Gasteiger partial charge in [-0.15, -0.1) is 5.11 Å². The number of aromatic amines is 1. The van der Waals surface area contributed by atoms with Gasteiger partial charge in [0.1, 0.15) is 0 Å². The Hall–Kier alpha value is -1.96. The molecule has 1 heterocycles. The molecular formula is C7H11N5O3. The quantitative estimate of drug-likeness (QED) is 0.451. The Balaban J connectivity index is 2.82. The fourth-order valence-corrected chi connectivity index (χ4v) is 0.757. The van der Waals surface area contributed by atoms with E-state index in [1.165, 1.54) is 20.5 Å². The second-order valence-electron chi connectivity index (χ2n) is 2.43. The second kappa shape index (κ2) is 5.05. The lowest BCUT2D eigenvalue weighted by Crippen LogP contribution is -2.07. The van der Waals surface area contributed by atoms with Crippen LogP contribution in [0, 0.1) is 0 Å². The molecular weight excluding hydrogens is 202 g/mol. The van der Waals surface area contributed by atoms with Crippen LogP contribution in [-0.2, 0) is 9.57 Å². The van der Waals surface area contributed by atoms with Crippen molar-refractivity contribution in [2.45, 2.75) is 0 Å². The number of carbonyl (C=O) groups excluding carboxylic acids is 1. The number of hydrogen-bond acceptors (Lipinski definition) is 6. The van der Waals surface area contributed by atoms with E-state index in [-0.39, 0.29) is 11.5 Å². The number of imidazole rings is 1. The number of nitrogens with zero attached hydrogens (tertiary/aromatic N) is 4. The number of esters is 1. The lowest BCUT2D eigenvalue weighted by atomic mass is 10.4. The molecule has 0 amide bonds. The predicted molar refractivity (Wildman–Crippen MR) is 49.2 cm³/mol. The summed E-state index contributed by atoms with van der Waals surface area (Å²) in [6.45, 7) is 0. The number of carbonyl (C=O) groups is 1. The lowest BCUT2D eigenvalue weighted by Gasteiger charge is -2.04. The van der Waals surface area contributed by atoms with Crippen LogP contribution in [-0.4, -0.2) is 42.4 Å². The first-order valence-electron chi connectivity index (χ1n) is 4.00. The van der Waals surface area contributed by atoms with Crippen LogP contribution in [0.4, 0.5) is 5.82 Å². The van der Waals surface area contributed by atoms with Crippen LogP contribution in [0.1, 0.15) is 10.5 Å². The molecule has 0 radical (unpaired) electrons. The summed E-state index contributed by atoms with van der Waals surface area (Å²) >= 11 is 0. The molecule has 0 spiro atoms. The number of rotatable bonds is 4. The van der Waals surface area contributed by atoms with E-state index >= 15 is 0 Å². The summed E-state index contributed by atoms with van der Waals surface area (Å²) in [5.74, 6) is -0.410. The molecule has 15 heavy (non-hydrogen) atoms. The first-order chi connectivity index (χ1) is 7.19. The molecule has 0 bridgehead atoms. The zero-order valence-corrected chi connectivity index (χ0v) is 8.59. The van der Waals surface area contributed by atoms with Crippen molar-refractivity contribution in [3.63, 3.8) is 0 Å². The summed E-state index contributed by atoms with van der Waals surface area (Å²) in [6, 6.07) is 0. The molecule has 1 aromatic rings. The molecule has 0 saturated heterocycles. The van der Waals surface area contributed by atoms with E-state index < -0.39 is 5.97 Å². The average Bonchev–Trinajstić information content (AvgIpc) is 2.72. The van der Waals surface area contributed by atoms with Gasteiger partial charge in [0.15, 0.2) is 5.69 Å². The first-order valence-corrected chi connectivity index (χ1v) is 4.00. The van der Waals surface area contributed by atoms with Crippen molar-refractivity contribution in [1.82, 2.24) is 15.1 Å². The number of nitrogens with one attached hydrogen (secondary N) is 1. The lowest BCUT2D eigenvalue weighted by molar-refractivity contribution is -0.114. The van der Waals surface area contributed by atoms with Gasteiger partial charge in [-0.05, 0) is 5.22 Å². The molecule has 82 valence electrons. The topological polar surface area (TPSA) is 92.2 Å². The molecule has 0 fully saturated rings. The maximum absolute atomic E-state index is 11.2. The van der Waals surface area contributed by atoms with Gasteiger partial charge in [0.2, 0.25) is 5.82 Å². The molecule has 0 aromatic carbocycles. The second-order valence-corrected chi connectivity index (χ2v) is 2.43. The molecule has 0 atom stereocenters. The third-order valence-corrected chi connectivity index (χ3v) is 1.54. The highest BCUT2D eigenvalue weighted by Crippen LogP contribution is 2.14. The SMILES string of the molecule is COC(=O)c1[nH]cnc1N=NN(C)OC. The zero-order valence-electron chi connectivity index (χ0n) is 8.59. The molecule has 1 N–H and O–H groups in total. The summed E-state index contributed by atoms with van der Waals surface area (Å²) < 4.78 is 4.51. The molecule has 0 aliphatic heterocycles. The van der Waals surface area contributed by atoms with Gasteiger partial charge in [0.05, 0.1) is 27.6 Å². The van der Waals surface area contributed by atoms with Crippen molar-refractivity contribution in [3.05, 3.63) is 12.0 Å². The number of methoxy groups -OCH3 is 1. The fourth-order valence-electron chi connectivity index (χ4n) is 0.757. The highest BCUT2D eigenvalue weighted by molar-refractivity contribution is 5.91. The molecule has 8 nitrogen and oxygen atoms in total. The van der Waals surface area contributed by atoms with Crippen molar-refractivity contribution in [3.8, 4) is 0 Å². The highest BCUT2D eigenvalue weighted by Gasteiger charge is 2.14. The summed E-state index contributed by atoms with van der Waals surface area (Å²) in [4.78, 5) is 22.3. The van der Waals surface area contributed by atoms with Crippen LogP contribution >= 0.6 is 0 Å². The van der Waals surface area contributed by atoms with E-state index in [1.807, 2.05) is 0 Å². The smallest absolute Gasteiger partial charge is 0.358 e. The van der Waals surface area contributed by atoms with Crippen LogP contribution in [0.25, 0.3) is 0 Å². The predicted octanol–water partition coefficient (Wildman–Crippen LogP) is 0.688. The van der Waals surface area contributed by atoms with Gasteiger partial charge < -0.3 is 9.72 Å². The van der Waals surface area contributed by atoms with Gasteiger partial charge >= 0.3 is 5.97 Å². The Morgan fingerprint density at radius 3 is 2.93 bits per heavy atom. The van der Waals surface area contributed by atoms with E-state index in [0.29, 0.717) is 0 Å². The van der Waals surface area contributed by atoms with Gasteiger partial charge in [-0.1, -0.05) is 0 Å². The largest absolute Gasteiger partial charge is 0.464 e. The van der Waals surface area contributed by atoms with Crippen LogP contribution in [0.15, 0.2) is 16.7 Å². The number of H-pyrrole nitrogens is 1. The summed E-state index contributed by atoms with van der Waals surface area (Å²) in [5, 5.41) is 8.42. The summed E-state index contributed by atoms with van der Waals surface area (Å²) in [7, 11) is 4.25. The summed E-state index contributed by atoms with van der Waals surface area (Å²) in [6.07, 6.45) is 1.33. The van der Waals surface area contributed by atoms with E-state index in [4.69, 9.17) is 4.84 Å². The van der Waals surface area contributed by atoms with Crippen LogP contribution in [0.5, 0.6) is 0 Å². The van der Waals surface area contributed by atoms with Gasteiger partial charge in [-0.25, -0.2) is 9.78 Å². The Morgan fingerprint density at radius 1 is 1.60 bits per heavy atom. The van der Waals surface area contributed by atoms with Crippen molar-refractivity contribution in [2.75, 3.05) is 21.3 Å². The third-order valence-electron chi connectivity index (χ3n) is 1.54. The van der Waals surface area contributed by atoms with Crippen molar-refractivity contribution >= 4 is 11.8 Å². The Labute approximate surface area is 85.8 Å². The van der Waals surface area contributed by atoms with Crippen molar-refractivity contribution in [1.29, 1.82) is 0 Å². The first kappa shape index (κ1) is 11.1. The Kier molecular flexibility index (Phi) is 3.75. The van der Waals surface area contributed by atoms with Gasteiger partial charge in [-0.3, -0.25) is 4.84 Å². The number of hydroxylamine groups is 1. The molecule has 0 aliphatic carbocycles. The maximum atomic E-state index is 11.2. The van der Waals surface area contributed by atoms with Crippen molar-refractivity contribution in [2.24, 2.45) is 10.3 Å². The van der Waals surface area contributed by atoms with E-state index in [2.05, 4.69) is 25.0 Å². The van der Waals surface area contributed by atoms with E-state index in [0.717, 1.165) is 5.17 Å². The molecule has 0 aliphatic rings. The van der Waals surface area contributed by atoms with Gasteiger partial charge in [-0.2, -0.15) is 5.17 Å². The monoisotopic (exact) mass is 213 g/mol. The zero-order chi connectivity index (χ0) is 11.3. The number of aromatic nitrogens is 2. The third kappa shape index (κ3) is 2.74. The van der Waals surface area contributed by atoms with Crippen LogP contribution < -0.4 is 0 Å². The number of hydrogen-bond donors (Lipinski definition) is 1. The van der Waals surface area contributed by atoms with Gasteiger partial charge in [0.25, 0.3) is 0 Å². The molecule has 8 heteroatoms. The normalized spacial score (nSPS) is 10.6. The molecule has 1 aromatic heterocycles. The molecule has 0 saturated carbocycles. The minimum absolute atomic E-state index is 0.144. The minimum atomic E-state index is -0.554. The molecule has 1 rings (SSSR count). The Bertz CT molecular complexity index is 361. The van der Waals surface area contributed by atoms with Crippen LogP contribution in [0.3, 0.4) is 0 Å². The molecule has 0 unspecified atom stereocenters.